The van der Waals surface area contributed by atoms with Gasteiger partial charge in [-0.3, -0.25) is 4.79 Å². The third-order valence-electron chi connectivity index (χ3n) is 3.90. The maximum absolute atomic E-state index is 12.6. The number of rotatable bonds is 4. The van der Waals surface area contributed by atoms with Crippen LogP contribution in [0.3, 0.4) is 0 Å². The van der Waals surface area contributed by atoms with E-state index in [1.165, 1.54) is 7.11 Å². The van der Waals surface area contributed by atoms with Crippen molar-refractivity contribution in [2.75, 3.05) is 39.9 Å². The molecule has 0 aliphatic carbocycles. The Hall–Kier alpha value is -2.24. The predicted octanol–water partition coefficient (Wildman–Crippen LogP) is 2.64. The van der Waals surface area contributed by atoms with E-state index >= 15 is 0 Å². The molecule has 0 unspecified atom stereocenters. The minimum Gasteiger partial charge on any atom is -0.493 e. The van der Waals surface area contributed by atoms with Gasteiger partial charge in [-0.05, 0) is 36.6 Å². The van der Waals surface area contributed by atoms with Crippen LogP contribution < -0.4 is 4.74 Å². The lowest BCUT2D eigenvalue weighted by Crippen LogP contribution is -2.37. The maximum Gasteiger partial charge on any atom is 0.409 e. The molecule has 0 atom stereocenters. The van der Waals surface area contributed by atoms with Crippen LogP contribution in [-0.2, 0) is 4.74 Å². The van der Waals surface area contributed by atoms with E-state index in [1.807, 2.05) is 12.1 Å². The molecular weight excluding hydrogens is 308 g/mol. The third-order valence-corrected chi connectivity index (χ3v) is 3.90. The number of hydrogen-bond donors (Lipinski definition) is 0. The molecule has 1 aliphatic heterocycles. The van der Waals surface area contributed by atoms with E-state index < -0.39 is 0 Å². The van der Waals surface area contributed by atoms with E-state index in [0.717, 1.165) is 12.2 Å². The topological polar surface area (TPSA) is 59.1 Å². The summed E-state index contributed by atoms with van der Waals surface area (Å²) in [6.45, 7) is 7.09. The molecule has 0 radical (unpaired) electrons. The monoisotopic (exact) mass is 334 g/mol. The standard InChI is InChI=1S/C18H26N2O4/c1-14(2)13-24-16-7-5-15(6-8-16)17(21)19-9-4-10-20(12-11-19)18(22)23-3/h5-8,14H,4,9-13H2,1-3H3. The SMILES string of the molecule is COC(=O)N1CCCN(C(=O)c2ccc(OCC(C)C)cc2)CC1. The fourth-order valence-electron chi connectivity index (χ4n) is 2.57. The summed E-state index contributed by atoms with van der Waals surface area (Å²) < 4.78 is 10.4. The lowest BCUT2D eigenvalue weighted by Gasteiger charge is -2.21. The number of nitrogens with zero attached hydrogens (tertiary/aromatic N) is 2. The van der Waals surface area contributed by atoms with Gasteiger partial charge in [0.1, 0.15) is 5.75 Å². The zero-order chi connectivity index (χ0) is 17.5. The number of carbonyl (C=O) groups is 2. The van der Waals surface area contributed by atoms with Crippen molar-refractivity contribution in [1.82, 2.24) is 9.80 Å². The number of ether oxygens (including phenoxy) is 2. The van der Waals surface area contributed by atoms with Crippen LogP contribution in [0.4, 0.5) is 4.79 Å². The van der Waals surface area contributed by atoms with Crippen molar-refractivity contribution in [3.8, 4) is 5.75 Å². The van der Waals surface area contributed by atoms with Crippen molar-refractivity contribution in [2.24, 2.45) is 5.92 Å². The highest BCUT2D eigenvalue weighted by Crippen LogP contribution is 2.16. The summed E-state index contributed by atoms with van der Waals surface area (Å²) in [5, 5.41) is 0. The molecule has 1 aromatic carbocycles. The maximum atomic E-state index is 12.6. The first kappa shape index (κ1) is 18.1. The van der Waals surface area contributed by atoms with E-state index in [2.05, 4.69) is 13.8 Å². The van der Waals surface area contributed by atoms with Crippen molar-refractivity contribution in [1.29, 1.82) is 0 Å². The number of benzene rings is 1. The fraction of sp³-hybridized carbons (Fsp3) is 0.556. The Balaban J connectivity index is 1.94. The summed E-state index contributed by atoms with van der Waals surface area (Å²) in [6, 6.07) is 7.24. The van der Waals surface area contributed by atoms with Gasteiger partial charge in [0.05, 0.1) is 13.7 Å². The lowest BCUT2D eigenvalue weighted by atomic mass is 10.2. The van der Waals surface area contributed by atoms with Gasteiger partial charge in [0, 0.05) is 31.7 Å². The molecule has 0 N–H and O–H groups in total. The Morgan fingerprint density at radius 2 is 1.67 bits per heavy atom. The van der Waals surface area contributed by atoms with Crippen LogP contribution in [-0.4, -0.2) is 61.7 Å². The van der Waals surface area contributed by atoms with Gasteiger partial charge in [0.2, 0.25) is 0 Å². The molecule has 1 aliphatic rings. The van der Waals surface area contributed by atoms with Crippen molar-refractivity contribution in [3.05, 3.63) is 29.8 Å². The second-order valence-corrected chi connectivity index (χ2v) is 6.33. The van der Waals surface area contributed by atoms with Gasteiger partial charge in [0.25, 0.3) is 5.91 Å². The smallest absolute Gasteiger partial charge is 0.409 e. The van der Waals surface area contributed by atoms with Gasteiger partial charge in [-0.2, -0.15) is 0 Å². The molecule has 1 saturated heterocycles. The van der Waals surface area contributed by atoms with Gasteiger partial charge < -0.3 is 19.3 Å². The highest BCUT2D eigenvalue weighted by Gasteiger charge is 2.23. The largest absolute Gasteiger partial charge is 0.493 e. The summed E-state index contributed by atoms with van der Waals surface area (Å²) in [7, 11) is 1.37. The second-order valence-electron chi connectivity index (χ2n) is 6.33. The summed E-state index contributed by atoms with van der Waals surface area (Å²) in [4.78, 5) is 27.6. The van der Waals surface area contributed by atoms with E-state index in [-0.39, 0.29) is 12.0 Å². The van der Waals surface area contributed by atoms with Crippen LogP contribution in [0.2, 0.25) is 0 Å². The van der Waals surface area contributed by atoms with Crippen LogP contribution >= 0.6 is 0 Å². The minimum atomic E-state index is -0.337. The molecule has 1 heterocycles. The number of methoxy groups -OCH3 is 1. The molecule has 0 aromatic heterocycles. The molecule has 0 saturated carbocycles. The van der Waals surface area contributed by atoms with Gasteiger partial charge in [-0.15, -0.1) is 0 Å². The van der Waals surface area contributed by atoms with Crippen molar-refractivity contribution in [3.63, 3.8) is 0 Å². The van der Waals surface area contributed by atoms with E-state index in [9.17, 15) is 9.59 Å². The molecule has 6 nitrogen and oxygen atoms in total. The molecule has 1 fully saturated rings. The van der Waals surface area contributed by atoms with E-state index in [0.29, 0.717) is 44.3 Å². The number of amides is 2. The Morgan fingerprint density at radius 3 is 2.29 bits per heavy atom. The van der Waals surface area contributed by atoms with Crippen LogP contribution in [0, 0.1) is 5.92 Å². The number of carbonyl (C=O) groups excluding carboxylic acids is 2. The molecule has 2 amide bonds. The molecule has 2 rings (SSSR count). The Kier molecular flexibility index (Phi) is 6.46. The highest BCUT2D eigenvalue weighted by atomic mass is 16.5. The summed E-state index contributed by atoms with van der Waals surface area (Å²) >= 11 is 0. The zero-order valence-electron chi connectivity index (χ0n) is 14.7. The average Bonchev–Trinajstić information content (AvgIpc) is 2.85. The molecule has 1 aromatic rings. The lowest BCUT2D eigenvalue weighted by molar-refractivity contribution is 0.0757. The Morgan fingerprint density at radius 1 is 1.04 bits per heavy atom. The van der Waals surface area contributed by atoms with E-state index in [4.69, 9.17) is 9.47 Å². The van der Waals surface area contributed by atoms with Crippen LogP contribution in [0.15, 0.2) is 24.3 Å². The van der Waals surface area contributed by atoms with Gasteiger partial charge >= 0.3 is 6.09 Å². The van der Waals surface area contributed by atoms with Gasteiger partial charge in [-0.1, -0.05) is 13.8 Å². The second kappa shape index (κ2) is 8.57. The first-order valence-corrected chi connectivity index (χ1v) is 8.36. The first-order valence-electron chi connectivity index (χ1n) is 8.36. The molecule has 132 valence electrons. The Labute approximate surface area is 143 Å². The first-order chi connectivity index (χ1) is 11.5. The van der Waals surface area contributed by atoms with Crippen molar-refractivity contribution in [2.45, 2.75) is 20.3 Å². The summed E-state index contributed by atoms with van der Waals surface area (Å²) in [6.07, 6.45) is 0.409. The van der Waals surface area contributed by atoms with Crippen LogP contribution in [0.25, 0.3) is 0 Å². The average molecular weight is 334 g/mol. The van der Waals surface area contributed by atoms with E-state index in [1.54, 1.807) is 21.9 Å². The highest BCUT2D eigenvalue weighted by molar-refractivity contribution is 5.94. The molecule has 24 heavy (non-hydrogen) atoms. The van der Waals surface area contributed by atoms with Crippen LogP contribution in [0.1, 0.15) is 30.6 Å². The van der Waals surface area contributed by atoms with Crippen LogP contribution in [0.5, 0.6) is 5.75 Å². The summed E-state index contributed by atoms with van der Waals surface area (Å²) in [5.74, 6) is 1.21. The minimum absolute atomic E-state index is 0.0166. The Bertz CT molecular complexity index is 557. The molecule has 0 spiro atoms. The molecular formula is C18H26N2O4. The molecule has 0 bridgehead atoms. The molecule has 6 heteroatoms. The van der Waals surface area contributed by atoms with Gasteiger partial charge in [0.15, 0.2) is 0 Å². The summed E-state index contributed by atoms with van der Waals surface area (Å²) in [5.41, 5.74) is 0.637. The van der Waals surface area contributed by atoms with Gasteiger partial charge in [-0.25, -0.2) is 4.79 Å². The third kappa shape index (κ3) is 4.88. The number of hydrogen-bond acceptors (Lipinski definition) is 4. The zero-order valence-corrected chi connectivity index (χ0v) is 14.7. The normalized spacial score (nSPS) is 15.2. The van der Waals surface area contributed by atoms with Crippen molar-refractivity contribution >= 4 is 12.0 Å². The fourth-order valence-corrected chi connectivity index (χ4v) is 2.57. The predicted molar refractivity (Wildman–Crippen MR) is 91.3 cm³/mol. The quantitative estimate of drug-likeness (QED) is 0.849. The van der Waals surface area contributed by atoms with Crippen molar-refractivity contribution < 1.29 is 19.1 Å².